The highest BCUT2D eigenvalue weighted by Gasteiger charge is 2.52. The van der Waals surface area contributed by atoms with Crippen LogP contribution in [0.1, 0.15) is 45.4 Å². The van der Waals surface area contributed by atoms with E-state index in [1.165, 1.54) is 0 Å². The van der Waals surface area contributed by atoms with Gasteiger partial charge in [0.15, 0.2) is 0 Å². The van der Waals surface area contributed by atoms with Crippen molar-refractivity contribution in [1.29, 1.82) is 0 Å². The fraction of sp³-hybridized carbons (Fsp3) is 0.765. The van der Waals surface area contributed by atoms with Crippen LogP contribution in [-0.2, 0) is 20.9 Å². The van der Waals surface area contributed by atoms with E-state index in [4.69, 9.17) is 4.74 Å². The maximum absolute atomic E-state index is 12.8. The summed E-state index contributed by atoms with van der Waals surface area (Å²) in [5, 5.41) is 15.6. The highest BCUT2D eigenvalue weighted by atomic mass is 32.2. The summed E-state index contributed by atoms with van der Waals surface area (Å²) >= 11 is 1.15. The Bertz CT molecular complexity index is 786. The Hall–Kier alpha value is -2.21. The lowest BCUT2D eigenvalue weighted by Gasteiger charge is -2.33. The van der Waals surface area contributed by atoms with Gasteiger partial charge in [-0.05, 0) is 54.9 Å². The number of hydrogen-bond acceptors (Lipinski definition) is 8. The number of carbonyl (C=O) groups is 3. The summed E-state index contributed by atoms with van der Waals surface area (Å²) in [5.41, 5.74) is 1.55. The van der Waals surface area contributed by atoms with Crippen molar-refractivity contribution in [2.45, 2.75) is 68.8 Å². The van der Waals surface area contributed by atoms with Gasteiger partial charge in [-0.25, -0.2) is 9.48 Å². The lowest BCUT2D eigenvalue weighted by molar-refractivity contribution is -0.139. The van der Waals surface area contributed by atoms with E-state index in [1.807, 2.05) is 0 Å². The number of aromatic nitrogens is 4. The van der Waals surface area contributed by atoms with Gasteiger partial charge < -0.3 is 10.1 Å². The molecule has 1 spiro atoms. The number of urea groups is 1. The van der Waals surface area contributed by atoms with Crippen LogP contribution in [-0.4, -0.2) is 67.1 Å². The van der Waals surface area contributed by atoms with E-state index in [-0.39, 0.29) is 17.8 Å². The first-order chi connectivity index (χ1) is 14.0. The average Bonchev–Trinajstić information content (AvgIpc) is 3.42. The van der Waals surface area contributed by atoms with E-state index >= 15 is 0 Å². The van der Waals surface area contributed by atoms with Gasteiger partial charge in [-0.2, -0.15) is 5.01 Å². The van der Waals surface area contributed by atoms with Crippen molar-refractivity contribution < 1.29 is 19.1 Å². The zero-order valence-electron chi connectivity index (χ0n) is 16.3. The SMILES string of the molecule is CC1CCC2(CC1)NC(=O)N(NC(=O)CSc1nnnn1CC1CCCO1)C2=O. The van der Waals surface area contributed by atoms with Gasteiger partial charge in [0.1, 0.15) is 5.54 Å². The summed E-state index contributed by atoms with van der Waals surface area (Å²) in [7, 11) is 0. The number of thioether (sulfide) groups is 1. The van der Waals surface area contributed by atoms with E-state index in [0.717, 1.165) is 49.1 Å². The molecular formula is C17H25N7O4S. The highest BCUT2D eigenvalue weighted by molar-refractivity contribution is 7.99. The number of carbonyl (C=O) groups excluding carboxylic acids is 3. The normalized spacial score (nSPS) is 29.5. The van der Waals surface area contributed by atoms with Crippen molar-refractivity contribution >= 4 is 29.6 Å². The van der Waals surface area contributed by atoms with Crippen LogP contribution in [0.4, 0.5) is 4.79 Å². The van der Waals surface area contributed by atoms with E-state index in [2.05, 4.69) is 33.2 Å². The molecule has 3 fully saturated rings. The molecule has 2 saturated heterocycles. The van der Waals surface area contributed by atoms with Crippen molar-refractivity contribution in [3.05, 3.63) is 0 Å². The van der Waals surface area contributed by atoms with Crippen LogP contribution in [0.2, 0.25) is 0 Å². The van der Waals surface area contributed by atoms with E-state index < -0.39 is 17.5 Å². The number of amides is 4. The second-order valence-electron chi connectivity index (χ2n) is 7.94. The predicted octanol–water partition coefficient (Wildman–Crippen LogP) is 0.476. The number of nitrogens with zero attached hydrogens (tertiary/aromatic N) is 5. The van der Waals surface area contributed by atoms with Crippen LogP contribution in [0.3, 0.4) is 0 Å². The number of rotatable bonds is 6. The van der Waals surface area contributed by atoms with Gasteiger partial charge in [0.05, 0.1) is 18.4 Å². The molecule has 29 heavy (non-hydrogen) atoms. The van der Waals surface area contributed by atoms with Crippen LogP contribution in [0.25, 0.3) is 0 Å². The molecule has 0 aromatic carbocycles. The Kier molecular flexibility index (Phi) is 5.72. The van der Waals surface area contributed by atoms with Crippen molar-refractivity contribution in [2.75, 3.05) is 12.4 Å². The van der Waals surface area contributed by atoms with E-state index in [0.29, 0.717) is 30.5 Å². The molecule has 1 saturated carbocycles. The van der Waals surface area contributed by atoms with Crippen LogP contribution in [0.5, 0.6) is 0 Å². The quantitative estimate of drug-likeness (QED) is 0.499. The number of hydrazine groups is 1. The number of imide groups is 1. The molecule has 1 aromatic heterocycles. The Balaban J connectivity index is 1.31. The van der Waals surface area contributed by atoms with Gasteiger partial charge in [0.25, 0.3) is 5.91 Å². The Morgan fingerprint density at radius 3 is 2.86 bits per heavy atom. The third-order valence-electron chi connectivity index (χ3n) is 5.76. The summed E-state index contributed by atoms with van der Waals surface area (Å²) < 4.78 is 7.20. The van der Waals surface area contributed by atoms with Crippen LogP contribution in [0, 0.1) is 5.92 Å². The molecule has 3 heterocycles. The summed E-state index contributed by atoms with van der Waals surface area (Å²) in [6.07, 6.45) is 4.98. The maximum atomic E-state index is 12.8. The second-order valence-corrected chi connectivity index (χ2v) is 8.88. The molecule has 1 atom stereocenters. The number of ether oxygens (including phenoxy) is 1. The second kappa shape index (κ2) is 8.27. The van der Waals surface area contributed by atoms with E-state index in [1.54, 1.807) is 4.68 Å². The first kappa shape index (κ1) is 20.1. The van der Waals surface area contributed by atoms with Gasteiger partial charge in [-0.15, -0.1) is 5.10 Å². The lowest BCUT2D eigenvalue weighted by atomic mass is 9.77. The third-order valence-corrected chi connectivity index (χ3v) is 6.72. The highest BCUT2D eigenvalue weighted by Crippen LogP contribution is 2.35. The number of nitrogens with one attached hydrogen (secondary N) is 2. The number of tetrazole rings is 1. The molecule has 2 N–H and O–H groups in total. The van der Waals surface area contributed by atoms with Crippen LogP contribution in [0.15, 0.2) is 5.16 Å². The largest absolute Gasteiger partial charge is 0.376 e. The predicted molar refractivity (Wildman–Crippen MR) is 101 cm³/mol. The van der Waals surface area contributed by atoms with Crippen molar-refractivity contribution in [3.8, 4) is 0 Å². The van der Waals surface area contributed by atoms with Gasteiger partial charge >= 0.3 is 6.03 Å². The fourth-order valence-electron chi connectivity index (χ4n) is 4.00. The monoisotopic (exact) mass is 423 g/mol. The smallest absolute Gasteiger partial charge is 0.344 e. The third kappa shape index (κ3) is 4.22. The van der Waals surface area contributed by atoms with Gasteiger partial charge in [0, 0.05) is 6.61 Å². The van der Waals surface area contributed by atoms with E-state index in [9.17, 15) is 14.4 Å². The minimum absolute atomic E-state index is 0.0208. The molecule has 11 nitrogen and oxygen atoms in total. The van der Waals surface area contributed by atoms with Crippen molar-refractivity contribution in [3.63, 3.8) is 0 Å². The lowest BCUT2D eigenvalue weighted by Crippen LogP contribution is -2.51. The molecule has 1 aromatic rings. The van der Waals surface area contributed by atoms with Gasteiger partial charge in [-0.1, -0.05) is 18.7 Å². The maximum Gasteiger partial charge on any atom is 0.344 e. The molecular weight excluding hydrogens is 398 g/mol. The number of hydrogen-bond donors (Lipinski definition) is 2. The molecule has 12 heteroatoms. The average molecular weight is 423 g/mol. The fourth-order valence-corrected chi connectivity index (χ4v) is 4.68. The first-order valence-corrected chi connectivity index (χ1v) is 10.9. The minimum Gasteiger partial charge on any atom is -0.376 e. The Labute approximate surface area is 172 Å². The first-order valence-electron chi connectivity index (χ1n) is 9.93. The minimum atomic E-state index is -0.880. The zero-order chi connectivity index (χ0) is 20.4. The molecule has 3 aliphatic rings. The Morgan fingerprint density at radius 2 is 2.14 bits per heavy atom. The Morgan fingerprint density at radius 1 is 1.34 bits per heavy atom. The molecule has 1 unspecified atom stereocenters. The molecule has 0 bridgehead atoms. The van der Waals surface area contributed by atoms with Crippen molar-refractivity contribution in [2.24, 2.45) is 5.92 Å². The topological polar surface area (TPSA) is 131 Å². The van der Waals surface area contributed by atoms with Crippen LogP contribution < -0.4 is 10.7 Å². The molecule has 4 rings (SSSR count). The standard InChI is InChI=1S/C17H25N7O4S/c1-11-4-6-17(7-5-11)14(26)24(15(27)18-17)20-13(25)10-29-16-19-21-22-23(16)9-12-3-2-8-28-12/h11-12H,2-10H2,1H3,(H,18,27)(H,20,25). The summed E-state index contributed by atoms with van der Waals surface area (Å²) in [6, 6.07) is -0.578. The summed E-state index contributed by atoms with van der Waals surface area (Å²) in [5.74, 6) is -0.333. The van der Waals surface area contributed by atoms with Crippen LogP contribution >= 0.6 is 11.8 Å². The molecule has 2 aliphatic heterocycles. The summed E-state index contributed by atoms with van der Waals surface area (Å²) in [4.78, 5) is 37.4. The zero-order valence-corrected chi connectivity index (χ0v) is 17.1. The summed E-state index contributed by atoms with van der Waals surface area (Å²) in [6.45, 7) is 3.41. The van der Waals surface area contributed by atoms with Crippen molar-refractivity contribution in [1.82, 2.24) is 36.0 Å². The van der Waals surface area contributed by atoms with Gasteiger partial charge in [0.2, 0.25) is 11.1 Å². The molecule has 1 aliphatic carbocycles. The van der Waals surface area contributed by atoms with Gasteiger partial charge in [-0.3, -0.25) is 15.0 Å². The molecule has 4 amide bonds. The molecule has 158 valence electrons. The molecule has 0 radical (unpaired) electrons.